The first-order valence-corrected chi connectivity index (χ1v) is 9.37. The highest BCUT2D eigenvalue weighted by Crippen LogP contribution is 2.31. The molecule has 2 aromatic rings. The molecule has 1 aliphatic heterocycles. The monoisotopic (exact) mass is 392 g/mol. The summed E-state index contributed by atoms with van der Waals surface area (Å²) in [6.45, 7) is -0.276. The zero-order chi connectivity index (χ0) is 19.8. The molecule has 142 valence electrons. The van der Waals surface area contributed by atoms with E-state index in [1.165, 1.54) is 41.3 Å². The van der Waals surface area contributed by atoms with Gasteiger partial charge in [-0.3, -0.25) is 4.79 Å². The molecule has 0 bridgehead atoms. The summed E-state index contributed by atoms with van der Waals surface area (Å²) in [7, 11) is -3.84. The number of primary sulfonamides is 1. The molecule has 0 spiro atoms. The fourth-order valence-electron chi connectivity index (χ4n) is 2.79. The number of para-hydroxylation sites is 1. The van der Waals surface area contributed by atoms with E-state index in [1.54, 1.807) is 0 Å². The molecule has 0 saturated heterocycles. The van der Waals surface area contributed by atoms with Gasteiger partial charge in [0.05, 0.1) is 4.90 Å². The van der Waals surface area contributed by atoms with Gasteiger partial charge in [-0.25, -0.2) is 18.4 Å². The maximum Gasteiger partial charge on any atom is 0.342 e. The molecule has 2 aromatic carbocycles. The van der Waals surface area contributed by atoms with Gasteiger partial charge in [0.15, 0.2) is 18.1 Å². The molecule has 1 aliphatic rings. The Morgan fingerprint density at radius 2 is 1.93 bits per heavy atom. The molecule has 10 heteroatoms. The number of benzene rings is 2. The van der Waals surface area contributed by atoms with Crippen molar-refractivity contribution in [3.63, 3.8) is 0 Å². The first kappa shape index (κ1) is 18.7. The van der Waals surface area contributed by atoms with Crippen molar-refractivity contribution in [2.24, 2.45) is 5.14 Å². The number of phenolic OH excluding ortho intramolecular Hbond substituents is 2. The van der Waals surface area contributed by atoms with Crippen molar-refractivity contribution in [1.82, 2.24) is 0 Å². The van der Waals surface area contributed by atoms with Crippen molar-refractivity contribution in [2.75, 3.05) is 18.1 Å². The molecular formula is C17H16N2O7S. The Morgan fingerprint density at radius 1 is 1.19 bits per heavy atom. The van der Waals surface area contributed by atoms with Crippen molar-refractivity contribution < 1.29 is 33.0 Å². The largest absolute Gasteiger partial charge is 0.504 e. The molecular weight excluding hydrogens is 376 g/mol. The second kappa shape index (κ2) is 6.89. The summed E-state index contributed by atoms with van der Waals surface area (Å²) in [4.78, 5) is 25.7. The van der Waals surface area contributed by atoms with E-state index in [2.05, 4.69) is 0 Å². The Morgan fingerprint density at radius 3 is 2.63 bits per heavy atom. The number of hydrogen-bond acceptors (Lipinski definition) is 7. The number of aromatic hydroxyl groups is 2. The van der Waals surface area contributed by atoms with Gasteiger partial charge in [-0.15, -0.1) is 0 Å². The lowest BCUT2D eigenvalue weighted by Gasteiger charge is -2.17. The molecule has 0 atom stereocenters. The zero-order valence-corrected chi connectivity index (χ0v) is 14.8. The average molecular weight is 392 g/mol. The van der Waals surface area contributed by atoms with Crippen LogP contribution >= 0.6 is 0 Å². The van der Waals surface area contributed by atoms with E-state index in [9.17, 15) is 28.2 Å². The zero-order valence-electron chi connectivity index (χ0n) is 14.0. The van der Waals surface area contributed by atoms with Crippen molar-refractivity contribution in [2.45, 2.75) is 11.3 Å². The molecule has 9 nitrogen and oxygen atoms in total. The number of amides is 1. The van der Waals surface area contributed by atoms with Gasteiger partial charge in [0.2, 0.25) is 10.0 Å². The van der Waals surface area contributed by atoms with Gasteiger partial charge >= 0.3 is 5.97 Å². The number of ether oxygens (including phenoxy) is 1. The third-order valence-corrected chi connectivity index (χ3v) is 5.05. The van der Waals surface area contributed by atoms with Gasteiger partial charge in [-0.2, -0.15) is 0 Å². The second-order valence-corrected chi connectivity index (χ2v) is 7.44. The quantitative estimate of drug-likeness (QED) is 0.507. The van der Waals surface area contributed by atoms with Gasteiger partial charge in [0.25, 0.3) is 5.91 Å². The van der Waals surface area contributed by atoms with E-state index >= 15 is 0 Å². The SMILES string of the molecule is NS(=O)(=O)c1ccc2c(c1)CCN2C(=O)COC(=O)c1cccc(O)c1O. The number of phenols is 2. The highest BCUT2D eigenvalue weighted by Gasteiger charge is 2.27. The number of hydrogen-bond donors (Lipinski definition) is 3. The van der Waals surface area contributed by atoms with E-state index in [1.807, 2.05) is 0 Å². The number of anilines is 1. The predicted molar refractivity (Wildman–Crippen MR) is 93.9 cm³/mol. The summed E-state index contributed by atoms with van der Waals surface area (Å²) in [5.41, 5.74) is 0.901. The van der Waals surface area contributed by atoms with Crippen LogP contribution < -0.4 is 10.0 Å². The first-order chi connectivity index (χ1) is 12.7. The standard InChI is InChI=1S/C17H16N2O7S/c18-27(24,25)11-4-5-13-10(8-11)6-7-19(13)15(21)9-26-17(23)12-2-1-3-14(20)16(12)22/h1-5,8,20,22H,6-7,9H2,(H2,18,24,25). The molecule has 0 aromatic heterocycles. The Labute approximate surface area is 154 Å². The lowest BCUT2D eigenvalue weighted by Crippen LogP contribution is -2.33. The number of nitrogens with two attached hydrogens (primary N) is 1. The summed E-state index contributed by atoms with van der Waals surface area (Å²) < 4.78 is 27.7. The minimum Gasteiger partial charge on any atom is -0.504 e. The summed E-state index contributed by atoms with van der Waals surface area (Å²) in [5.74, 6) is -2.57. The Kier molecular flexibility index (Phi) is 4.77. The van der Waals surface area contributed by atoms with Crippen LogP contribution in [0.4, 0.5) is 5.69 Å². The lowest BCUT2D eigenvalue weighted by atomic mass is 10.2. The fourth-order valence-corrected chi connectivity index (χ4v) is 3.36. The molecule has 1 amide bonds. The van der Waals surface area contributed by atoms with Gasteiger partial charge < -0.3 is 19.8 Å². The van der Waals surface area contributed by atoms with E-state index in [0.717, 1.165) is 0 Å². The van der Waals surface area contributed by atoms with Crippen molar-refractivity contribution >= 4 is 27.6 Å². The summed E-state index contributed by atoms with van der Waals surface area (Å²) in [5, 5.41) is 24.2. The number of rotatable bonds is 4. The first-order valence-electron chi connectivity index (χ1n) is 7.82. The van der Waals surface area contributed by atoms with Crippen LogP contribution in [-0.4, -0.2) is 43.7 Å². The van der Waals surface area contributed by atoms with E-state index in [-0.39, 0.29) is 10.5 Å². The molecule has 1 heterocycles. The van der Waals surface area contributed by atoms with E-state index in [0.29, 0.717) is 24.2 Å². The van der Waals surface area contributed by atoms with Crippen LogP contribution in [0.1, 0.15) is 15.9 Å². The lowest BCUT2D eigenvalue weighted by molar-refractivity contribution is -0.121. The normalized spacial score (nSPS) is 13.3. The Hall–Kier alpha value is -3.11. The topological polar surface area (TPSA) is 147 Å². The van der Waals surface area contributed by atoms with Gasteiger partial charge in [-0.1, -0.05) is 6.07 Å². The average Bonchev–Trinajstić information content (AvgIpc) is 3.04. The Balaban J connectivity index is 1.70. The van der Waals surface area contributed by atoms with Gasteiger partial charge in [-0.05, 0) is 42.3 Å². The minimum atomic E-state index is -3.84. The summed E-state index contributed by atoms with van der Waals surface area (Å²) in [6.07, 6.45) is 0.436. The number of nitrogens with zero attached hydrogens (tertiary/aromatic N) is 1. The summed E-state index contributed by atoms with van der Waals surface area (Å²) >= 11 is 0. The van der Waals surface area contributed by atoms with Crippen LogP contribution in [0.25, 0.3) is 0 Å². The van der Waals surface area contributed by atoms with Crippen LogP contribution in [0.5, 0.6) is 11.5 Å². The number of carbonyl (C=O) groups is 2. The smallest absolute Gasteiger partial charge is 0.342 e. The van der Waals surface area contributed by atoms with Crippen LogP contribution in [0.2, 0.25) is 0 Å². The van der Waals surface area contributed by atoms with Crippen LogP contribution in [0.15, 0.2) is 41.3 Å². The molecule has 0 aliphatic carbocycles. The van der Waals surface area contributed by atoms with Crippen LogP contribution in [-0.2, 0) is 26.0 Å². The highest BCUT2D eigenvalue weighted by molar-refractivity contribution is 7.89. The minimum absolute atomic E-state index is 0.0404. The maximum absolute atomic E-state index is 12.4. The number of fused-ring (bicyclic) bond motifs is 1. The maximum atomic E-state index is 12.4. The third-order valence-electron chi connectivity index (χ3n) is 4.14. The third kappa shape index (κ3) is 3.71. The van der Waals surface area contributed by atoms with E-state index in [4.69, 9.17) is 9.88 Å². The van der Waals surface area contributed by atoms with Crippen molar-refractivity contribution in [3.05, 3.63) is 47.5 Å². The molecule has 0 unspecified atom stereocenters. The molecule has 0 fully saturated rings. The van der Waals surface area contributed by atoms with Crippen LogP contribution in [0, 0.1) is 0 Å². The summed E-state index contributed by atoms with van der Waals surface area (Å²) in [6, 6.07) is 8.00. The molecule has 0 saturated carbocycles. The molecule has 0 radical (unpaired) electrons. The van der Waals surface area contributed by atoms with Crippen molar-refractivity contribution in [1.29, 1.82) is 0 Å². The number of sulfonamides is 1. The van der Waals surface area contributed by atoms with E-state index < -0.39 is 40.0 Å². The highest BCUT2D eigenvalue weighted by atomic mass is 32.2. The van der Waals surface area contributed by atoms with Gasteiger partial charge in [0.1, 0.15) is 5.56 Å². The second-order valence-electron chi connectivity index (χ2n) is 5.88. The predicted octanol–water partition coefficient (Wildman–Crippen LogP) is 0.491. The van der Waals surface area contributed by atoms with Crippen molar-refractivity contribution in [3.8, 4) is 11.5 Å². The molecule has 3 rings (SSSR count). The number of carbonyl (C=O) groups excluding carboxylic acids is 2. The van der Waals surface area contributed by atoms with Gasteiger partial charge in [0, 0.05) is 12.2 Å². The molecule has 27 heavy (non-hydrogen) atoms. The number of esters is 1. The fraction of sp³-hybridized carbons (Fsp3) is 0.176. The Bertz CT molecular complexity index is 1030. The molecule has 4 N–H and O–H groups in total. The van der Waals surface area contributed by atoms with Crippen LogP contribution in [0.3, 0.4) is 0 Å².